The van der Waals surface area contributed by atoms with Crippen molar-refractivity contribution in [2.24, 2.45) is 0 Å². The highest BCUT2D eigenvalue weighted by molar-refractivity contribution is 5.90. The van der Waals surface area contributed by atoms with Gasteiger partial charge in [0, 0.05) is 17.1 Å². The van der Waals surface area contributed by atoms with E-state index in [0.29, 0.717) is 17.9 Å². The Morgan fingerprint density at radius 1 is 1.03 bits per heavy atom. The zero-order chi connectivity index (χ0) is 20.2. The van der Waals surface area contributed by atoms with Crippen LogP contribution in [0.15, 0.2) is 84.9 Å². The lowest BCUT2D eigenvalue weighted by molar-refractivity contribution is -0.136. The number of hydrogen-bond acceptors (Lipinski definition) is 5. The molecule has 0 radical (unpaired) electrons. The number of hydrogen-bond donors (Lipinski definition) is 0. The summed E-state index contributed by atoms with van der Waals surface area (Å²) >= 11 is 0. The zero-order valence-electron chi connectivity index (χ0n) is 16.0. The van der Waals surface area contributed by atoms with Gasteiger partial charge in [-0.3, -0.25) is 0 Å². The summed E-state index contributed by atoms with van der Waals surface area (Å²) < 4.78 is 4.91. The molecule has 0 aliphatic heterocycles. The summed E-state index contributed by atoms with van der Waals surface area (Å²) in [7, 11) is 1.35. The molecule has 6 nitrogen and oxygen atoms in total. The van der Waals surface area contributed by atoms with E-state index in [1.807, 2.05) is 66.7 Å². The van der Waals surface area contributed by atoms with Crippen LogP contribution in [0.5, 0.6) is 0 Å². The maximum absolute atomic E-state index is 12.2. The third kappa shape index (κ3) is 3.91. The van der Waals surface area contributed by atoms with Gasteiger partial charge >= 0.3 is 5.97 Å². The van der Waals surface area contributed by atoms with Crippen LogP contribution in [0.2, 0.25) is 0 Å². The molecule has 6 heteroatoms. The van der Waals surface area contributed by atoms with E-state index < -0.39 is 5.97 Å². The molecule has 3 aromatic carbocycles. The first-order chi connectivity index (χ1) is 14.2. The van der Waals surface area contributed by atoms with Crippen molar-refractivity contribution in [3.63, 3.8) is 0 Å². The van der Waals surface area contributed by atoms with Crippen molar-refractivity contribution < 1.29 is 9.53 Å². The van der Waals surface area contributed by atoms with Gasteiger partial charge in [-0.15, -0.1) is 10.2 Å². The molecule has 1 heterocycles. The Hall–Kier alpha value is -3.80. The Kier molecular flexibility index (Phi) is 5.16. The van der Waals surface area contributed by atoms with Crippen LogP contribution >= 0.6 is 0 Å². The molecular weight excluding hydrogens is 364 g/mol. The van der Waals surface area contributed by atoms with E-state index in [1.165, 1.54) is 11.9 Å². The fourth-order valence-electron chi connectivity index (χ4n) is 3.30. The van der Waals surface area contributed by atoms with Gasteiger partial charge in [-0.1, -0.05) is 79.4 Å². The second-order valence-corrected chi connectivity index (χ2v) is 6.71. The summed E-state index contributed by atoms with van der Waals surface area (Å²) in [4.78, 5) is 13.7. The minimum atomic E-state index is -0.452. The second kappa shape index (κ2) is 8.06. The number of benzene rings is 3. The lowest BCUT2D eigenvalue weighted by Crippen LogP contribution is -2.19. The van der Waals surface area contributed by atoms with E-state index >= 15 is 0 Å². The number of esters is 1. The molecule has 29 heavy (non-hydrogen) atoms. The number of carbonyl (C=O) groups excluding carboxylic acids is 1. The van der Waals surface area contributed by atoms with E-state index in [1.54, 1.807) is 0 Å². The van der Waals surface area contributed by atoms with Crippen molar-refractivity contribution in [3.8, 4) is 11.4 Å². The molecule has 0 aliphatic carbocycles. The van der Waals surface area contributed by atoms with Crippen LogP contribution in [-0.2, 0) is 16.1 Å². The van der Waals surface area contributed by atoms with Gasteiger partial charge in [0.1, 0.15) is 0 Å². The summed E-state index contributed by atoms with van der Waals surface area (Å²) in [6, 6.07) is 23.8. The number of rotatable bonds is 6. The summed E-state index contributed by atoms with van der Waals surface area (Å²) in [5, 5.41) is 15.0. The smallest absolute Gasteiger partial charge is 0.333 e. The fourth-order valence-corrected chi connectivity index (χ4v) is 3.30. The highest BCUT2D eigenvalue weighted by Crippen LogP contribution is 2.29. The molecule has 4 rings (SSSR count). The van der Waals surface area contributed by atoms with Gasteiger partial charge in [-0.25, -0.2) is 4.79 Å². The number of methoxy groups -OCH3 is 1. The Labute approximate surface area is 168 Å². The lowest BCUT2D eigenvalue weighted by atomic mass is 9.90. The number of ether oxygens (including phenoxy) is 1. The molecule has 0 N–H and O–H groups in total. The van der Waals surface area contributed by atoms with Gasteiger partial charge in [0.2, 0.25) is 5.82 Å². The summed E-state index contributed by atoms with van der Waals surface area (Å²) in [5.74, 6) is -0.261. The minimum absolute atomic E-state index is 0.326. The van der Waals surface area contributed by atoms with Gasteiger partial charge < -0.3 is 4.74 Å². The molecule has 0 aliphatic rings. The van der Waals surface area contributed by atoms with Crippen molar-refractivity contribution in [2.75, 3.05) is 7.11 Å². The van der Waals surface area contributed by atoms with Crippen LogP contribution in [0.25, 0.3) is 22.2 Å². The molecular formula is C23H20N4O2. The van der Waals surface area contributed by atoms with Gasteiger partial charge in [-0.2, -0.15) is 4.80 Å². The maximum Gasteiger partial charge on any atom is 0.333 e. The Morgan fingerprint density at radius 3 is 2.52 bits per heavy atom. The van der Waals surface area contributed by atoms with Crippen LogP contribution in [0.4, 0.5) is 0 Å². The molecule has 144 valence electrons. The van der Waals surface area contributed by atoms with Crippen LogP contribution in [-0.4, -0.2) is 33.3 Å². The Balaban J connectivity index is 1.68. The molecule has 0 unspecified atom stereocenters. The third-order valence-electron chi connectivity index (χ3n) is 4.87. The Morgan fingerprint density at radius 2 is 1.76 bits per heavy atom. The van der Waals surface area contributed by atoms with Crippen LogP contribution in [0.3, 0.4) is 0 Å². The van der Waals surface area contributed by atoms with E-state index in [-0.39, 0.29) is 5.92 Å². The first-order valence-electron chi connectivity index (χ1n) is 9.25. The van der Waals surface area contributed by atoms with Crippen molar-refractivity contribution in [1.29, 1.82) is 0 Å². The van der Waals surface area contributed by atoms with E-state index in [9.17, 15) is 4.79 Å². The predicted molar refractivity (Wildman–Crippen MR) is 111 cm³/mol. The molecule has 1 aromatic heterocycles. The van der Waals surface area contributed by atoms with Gasteiger partial charge in [-0.05, 0) is 21.5 Å². The molecule has 4 aromatic rings. The quantitative estimate of drug-likeness (QED) is 0.371. The monoisotopic (exact) mass is 384 g/mol. The second-order valence-electron chi connectivity index (χ2n) is 6.71. The number of carbonyl (C=O) groups is 1. The molecule has 0 fully saturated rings. The molecule has 1 atom stereocenters. The van der Waals surface area contributed by atoms with Gasteiger partial charge in [0.15, 0.2) is 0 Å². The third-order valence-corrected chi connectivity index (χ3v) is 4.87. The van der Waals surface area contributed by atoms with Crippen molar-refractivity contribution in [2.45, 2.75) is 12.5 Å². The van der Waals surface area contributed by atoms with E-state index in [4.69, 9.17) is 4.74 Å². The highest BCUT2D eigenvalue weighted by atomic mass is 16.5. The molecule has 0 saturated carbocycles. The number of tetrazole rings is 1. The lowest BCUT2D eigenvalue weighted by Gasteiger charge is -2.18. The average Bonchev–Trinajstić information content (AvgIpc) is 3.25. The molecule has 0 bridgehead atoms. The summed E-state index contributed by atoms with van der Waals surface area (Å²) in [5.41, 5.74) is 2.17. The van der Waals surface area contributed by atoms with Crippen LogP contribution in [0, 0.1) is 0 Å². The topological polar surface area (TPSA) is 69.9 Å². The van der Waals surface area contributed by atoms with Crippen molar-refractivity contribution in [3.05, 3.63) is 90.5 Å². The number of fused-ring (bicyclic) bond motifs is 1. The molecule has 0 spiro atoms. The molecule has 0 amide bonds. The summed E-state index contributed by atoms with van der Waals surface area (Å²) in [6.45, 7) is 4.31. The number of nitrogens with zero attached hydrogens (tertiary/aromatic N) is 4. The first kappa shape index (κ1) is 18.6. The van der Waals surface area contributed by atoms with Gasteiger partial charge in [0.05, 0.1) is 13.7 Å². The normalized spacial score (nSPS) is 11.9. The Bertz CT molecular complexity index is 1170. The van der Waals surface area contributed by atoms with Crippen molar-refractivity contribution in [1.82, 2.24) is 20.2 Å². The number of aromatic nitrogens is 4. The fraction of sp³-hybridized carbons (Fsp3) is 0.130. The standard InChI is InChI=1S/C23H20N4O2/c1-16(23(28)29-2)21(20-13-12-17-8-6-7-11-19(17)14-20)15-27-25-22(24-26-27)18-9-4-3-5-10-18/h3-14,21H,1,15H2,2H3/t21-/m1/s1. The summed E-state index contributed by atoms with van der Waals surface area (Å²) in [6.07, 6.45) is 0. The zero-order valence-corrected chi connectivity index (χ0v) is 16.0. The predicted octanol–water partition coefficient (Wildman–Crippen LogP) is 4.01. The highest BCUT2D eigenvalue weighted by Gasteiger charge is 2.24. The SMILES string of the molecule is C=C(C(=O)OC)[C@@H](Cn1nnc(-c2ccccc2)n1)c1ccc2ccccc2c1. The van der Waals surface area contributed by atoms with E-state index in [2.05, 4.69) is 28.1 Å². The van der Waals surface area contributed by atoms with Crippen molar-refractivity contribution >= 4 is 16.7 Å². The molecule has 0 saturated heterocycles. The van der Waals surface area contributed by atoms with Crippen LogP contribution in [0.1, 0.15) is 11.5 Å². The minimum Gasteiger partial charge on any atom is -0.466 e. The largest absolute Gasteiger partial charge is 0.466 e. The van der Waals surface area contributed by atoms with Gasteiger partial charge in [0.25, 0.3) is 0 Å². The first-order valence-corrected chi connectivity index (χ1v) is 9.25. The maximum atomic E-state index is 12.2. The van der Waals surface area contributed by atoms with Crippen LogP contribution < -0.4 is 0 Å². The average molecular weight is 384 g/mol. The van der Waals surface area contributed by atoms with E-state index in [0.717, 1.165) is 21.9 Å².